The first kappa shape index (κ1) is 17.6. The molecule has 0 spiro atoms. The second-order valence-electron chi connectivity index (χ2n) is 6.30. The summed E-state index contributed by atoms with van der Waals surface area (Å²) in [5.74, 6) is 1.31. The molecular formula is C20H18FN3O2S. The number of benzene rings is 2. The molecule has 7 heteroatoms. The highest BCUT2D eigenvalue weighted by Crippen LogP contribution is 2.45. The molecule has 0 saturated carbocycles. The summed E-state index contributed by atoms with van der Waals surface area (Å²) in [5, 5.41) is 9.95. The molecule has 5 nitrogen and oxygen atoms in total. The van der Waals surface area contributed by atoms with E-state index in [1.54, 1.807) is 23.9 Å². The Hall–Kier alpha value is -2.80. The summed E-state index contributed by atoms with van der Waals surface area (Å²) in [4.78, 5) is 12.0. The van der Waals surface area contributed by atoms with Crippen molar-refractivity contribution in [1.82, 2.24) is 10.2 Å². The molecule has 0 fully saturated rings. The fourth-order valence-electron chi connectivity index (χ4n) is 3.08. The number of aromatic nitrogens is 2. The van der Waals surface area contributed by atoms with Gasteiger partial charge < -0.3 is 10.1 Å². The van der Waals surface area contributed by atoms with Gasteiger partial charge in [0, 0.05) is 16.8 Å². The second-order valence-corrected chi connectivity index (χ2v) is 7.40. The number of fused-ring (bicyclic) bond motifs is 1. The maximum Gasteiger partial charge on any atom is 0.235 e. The lowest BCUT2D eigenvalue weighted by Gasteiger charge is -2.19. The molecule has 0 aliphatic carbocycles. The number of hydrogen-bond acceptors (Lipinski definition) is 4. The summed E-state index contributed by atoms with van der Waals surface area (Å²) >= 11 is 1.54. The van der Waals surface area contributed by atoms with Gasteiger partial charge in [0.05, 0.1) is 11.0 Å². The van der Waals surface area contributed by atoms with E-state index in [9.17, 15) is 9.18 Å². The molecule has 0 radical (unpaired) electrons. The molecule has 0 bridgehead atoms. The van der Waals surface area contributed by atoms with Crippen LogP contribution in [0.15, 0.2) is 48.5 Å². The average molecular weight is 383 g/mol. The molecule has 1 atom stereocenters. The SMILES string of the molecule is Cc1[nH]nc2c1[C@@H](c1ccccc1OCc1ccc(F)cc1)SCC(=O)N2. The summed E-state index contributed by atoms with van der Waals surface area (Å²) in [6.45, 7) is 2.28. The van der Waals surface area contributed by atoms with Crippen LogP contribution in [0, 0.1) is 12.7 Å². The van der Waals surface area contributed by atoms with E-state index in [1.165, 1.54) is 12.1 Å². The topological polar surface area (TPSA) is 67.0 Å². The monoisotopic (exact) mass is 383 g/mol. The molecule has 1 aliphatic heterocycles. The highest BCUT2D eigenvalue weighted by molar-refractivity contribution is 8.00. The van der Waals surface area contributed by atoms with Crippen LogP contribution < -0.4 is 10.1 Å². The van der Waals surface area contributed by atoms with Gasteiger partial charge in [-0.1, -0.05) is 30.3 Å². The van der Waals surface area contributed by atoms with Crippen LogP contribution in [0.4, 0.5) is 10.2 Å². The summed E-state index contributed by atoms with van der Waals surface area (Å²) in [5.41, 5.74) is 3.74. The number of thioether (sulfide) groups is 1. The summed E-state index contributed by atoms with van der Waals surface area (Å²) in [6.07, 6.45) is 0. The van der Waals surface area contributed by atoms with Gasteiger partial charge in [0.25, 0.3) is 0 Å². The van der Waals surface area contributed by atoms with E-state index < -0.39 is 0 Å². The van der Waals surface area contributed by atoms with Crippen molar-refractivity contribution in [3.05, 3.63) is 76.7 Å². The number of nitrogens with zero attached hydrogens (tertiary/aromatic N) is 1. The van der Waals surface area contributed by atoms with E-state index in [4.69, 9.17) is 4.74 Å². The third-order valence-corrected chi connectivity index (χ3v) is 5.66. The molecule has 0 saturated heterocycles. The Morgan fingerprint density at radius 2 is 2.00 bits per heavy atom. The lowest BCUT2D eigenvalue weighted by Crippen LogP contribution is -2.12. The summed E-state index contributed by atoms with van der Waals surface area (Å²) in [7, 11) is 0. The number of rotatable bonds is 4. The zero-order valence-corrected chi connectivity index (χ0v) is 15.5. The number of ether oxygens (including phenoxy) is 1. The number of aromatic amines is 1. The van der Waals surface area contributed by atoms with Gasteiger partial charge in [-0.2, -0.15) is 5.10 Å². The van der Waals surface area contributed by atoms with Gasteiger partial charge in [-0.05, 0) is 30.7 Å². The predicted molar refractivity (Wildman–Crippen MR) is 103 cm³/mol. The molecule has 1 aliphatic rings. The standard InChI is InChI=1S/C20H18FN3O2S/c1-12-18-19(27-11-17(25)22-20(18)24-23-12)15-4-2-3-5-16(15)26-10-13-6-8-14(21)9-7-13/h2-9,19H,10-11H2,1H3,(H2,22,23,24,25)/t19-/m1/s1. The van der Waals surface area contributed by atoms with Gasteiger partial charge in [-0.15, -0.1) is 11.8 Å². The quantitative estimate of drug-likeness (QED) is 0.708. The summed E-state index contributed by atoms with van der Waals surface area (Å²) < 4.78 is 19.1. The number of carbonyl (C=O) groups excluding carboxylic acids is 1. The van der Waals surface area contributed by atoms with Gasteiger partial charge in [-0.25, -0.2) is 4.39 Å². The van der Waals surface area contributed by atoms with Crippen molar-refractivity contribution >= 4 is 23.5 Å². The highest BCUT2D eigenvalue weighted by Gasteiger charge is 2.29. The lowest BCUT2D eigenvalue weighted by atomic mass is 10.0. The maximum absolute atomic E-state index is 13.1. The first-order chi connectivity index (χ1) is 13.1. The molecule has 2 heterocycles. The van der Waals surface area contributed by atoms with E-state index in [-0.39, 0.29) is 17.0 Å². The predicted octanol–water partition coefficient (Wildman–Crippen LogP) is 4.21. The van der Waals surface area contributed by atoms with Crippen molar-refractivity contribution in [2.75, 3.05) is 11.1 Å². The molecule has 27 heavy (non-hydrogen) atoms. The number of nitrogens with one attached hydrogen (secondary N) is 2. The van der Waals surface area contributed by atoms with Gasteiger partial charge in [-0.3, -0.25) is 9.89 Å². The Labute approximate surface area is 160 Å². The first-order valence-corrected chi connectivity index (χ1v) is 9.59. The highest BCUT2D eigenvalue weighted by atomic mass is 32.2. The van der Waals surface area contributed by atoms with Crippen molar-refractivity contribution in [3.63, 3.8) is 0 Å². The minimum atomic E-state index is -0.269. The Morgan fingerprint density at radius 1 is 1.22 bits per heavy atom. The third-order valence-electron chi connectivity index (χ3n) is 4.40. The normalized spacial score (nSPS) is 16.4. The van der Waals surface area contributed by atoms with Gasteiger partial charge in [0.2, 0.25) is 5.91 Å². The van der Waals surface area contributed by atoms with E-state index in [1.807, 2.05) is 31.2 Å². The van der Waals surface area contributed by atoms with Gasteiger partial charge in [0.1, 0.15) is 18.2 Å². The van der Waals surface area contributed by atoms with Gasteiger partial charge >= 0.3 is 0 Å². The van der Waals surface area contributed by atoms with Crippen LogP contribution in [0.1, 0.15) is 27.6 Å². The molecule has 0 unspecified atom stereocenters. The molecular weight excluding hydrogens is 365 g/mol. The van der Waals surface area contributed by atoms with Crippen LogP contribution in [0.3, 0.4) is 0 Å². The molecule has 2 aromatic carbocycles. The fourth-order valence-corrected chi connectivity index (χ4v) is 4.30. The molecule has 2 N–H and O–H groups in total. The van der Waals surface area contributed by atoms with Crippen LogP contribution in [0.25, 0.3) is 0 Å². The second kappa shape index (κ2) is 7.44. The van der Waals surface area contributed by atoms with Crippen molar-refractivity contribution in [2.45, 2.75) is 18.8 Å². The number of hydrogen-bond donors (Lipinski definition) is 2. The van der Waals surface area contributed by atoms with Crippen LogP contribution in [0.5, 0.6) is 5.75 Å². The maximum atomic E-state index is 13.1. The molecule has 3 aromatic rings. The van der Waals surface area contributed by atoms with E-state index >= 15 is 0 Å². The Kier molecular flexibility index (Phi) is 4.85. The van der Waals surface area contributed by atoms with E-state index in [2.05, 4.69) is 15.5 Å². The number of H-pyrrole nitrogens is 1. The van der Waals surface area contributed by atoms with Crippen molar-refractivity contribution < 1.29 is 13.9 Å². The number of anilines is 1. The van der Waals surface area contributed by atoms with Crippen molar-refractivity contribution in [3.8, 4) is 5.75 Å². The molecule has 1 aromatic heterocycles. The number of aryl methyl sites for hydroxylation is 1. The molecule has 138 valence electrons. The average Bonchev–Trinajstić information content (AvgIpc) is 2.93. The fraction of sp³-hybridized carbons (Fsp3) is 0.200. The van der Waals surface area contributed by atoms with E-state index in [0.717, 1.165) is 28.1 Å². The lowest BCUT2D eigenvalue weighted by molar-refractivity contribution is -0.113. The van der Waals surface area contributed by atoms with Crippen LogP contribution in [-0.4, -0.2) is 21.9 Å². The minimum Gasteiger partial charge on any atom is -0.489 e. The number of amides is 1. The zero-order valence-electron chi connectivity index (χ0n) is 14.7. The van der Waals surface area contributed by atoms with Crippen LogP contribution in [0.2, 0.25) is 0 Å². The van der Waals surface area contributed by atoms with E-state index in [0.29, 0.717) is 18.2 Å². The van der Waals surface area contributed by atoms with Crippen LogP contribution in [-0.2, 0) is 11.4 Å². The van der Waals surface area contributed by atoms with Crippen LogP contribution >= 0.6 is 11.8 Å². The van der Waals surface area contributed by atoms with Gasteiger partial charge in [0.15, 0.2) is 5.82 Å². The smallest absolute Gasteiger partial charge is 0.235 e. The largest absolute Gasteiger partial charge is 0.489 e. The minimum absolute atomic E-state index is 0.0695. The molecule has 1 amide bonds. The first-order valence-electron chi connectivity index (χ1n) is 8.54. The number of halogens is 1. The Bertz CT molecular complexity index is 972. The third kappa shape index (κ3) is 3.68. The Morgan fingerprint density at radius 3 is 2.81 bits per heavy atom. The van der Waals surface area contributed by atoms with Crippen molar-refractivity contribution in [1.29, 1.82) is 0 Å². The number of para-hydroxylation sites is 1. The number of carbonyl (C=O) groups is 1. The Balaban J connectivity index is 1.65. The summed E-state index contributed by atoms with van der Waals surface area (Å²) in [6, 6.07) is 14.0. The molecule has 4 rings (SSSR count). The van der Waals surface area contributed by atoms with Crippen molar-refractivity contribution in [2.24, 2.45) is 0 Å². The zero-order chi connectivity index (χ0) is 18.8.